The number of carbonyl (C=O) groups is 2. The van der Waals surface area contributed by atoms with Gasteiger partial charge in [0, 0.05) is 43.0 Å². The molecule has 4 aromatic rings. The Balaban J connectivity index is 1.50. The molecule has 0 unspecified atom stereocenters. The van der Waals surface area contributed by atoms with Gasteiger partial charge in [0.2, 0.25) is 5.95 Å². The van der Waals surface area contributed by atoms with E-state index in [1.807, 2.05) is 18.0 Å². The molecule has 4 heterocycles. The van der Waals surface area contributed by atoms with Gasteiger partial charge in [-0.3, -0.25) is 4.79 Å². The molecule has 10 nitrogen and oxygen atoms in total. The molecule has 0 amide bonds. The zero-order chi connectivity index (χ0) is 27.5. The van der Waals surface area contributed by atoms with E-state index in [2.05, 4.69) is 14.9 Å². The second-order valence-corrected chi connectivity index (χ2v) is 10.1. The first-order valence-corrected chi connectivity index (χ1v) is 13.3. The number of hydrogen-bond donors (Lipinski definition) is 0. The van der Waals surface area contributed by atoms with Crippen LogP contribution in [0, 0.1) is 5.82 Å². The van der Waals surface area contributed by atoms with Gasteiger partial charge in [0.1, 0.15) is 5.82 Å². The number of rotatable bonds is 8. The number of fused-ring (bicyclic) bond motifs is 1. The van der Waals surface area contributed by atoms with Gasteiger partial charge in [0.05, 0.1) is 47.7 Å². The summed E-state index contributed by atoms with van der Waals surface area (Å²) in [6.07, 6.45) is 2.89. The molecule has 1 aliphatic heterocycles. The van der Waals surface area contributed by atoms with Crippen LogP contribution >= 0.6 is 11.3 Å². The van der Waals surface area contributed by atoms with Crippen LogP contribution in [0.25, 0.3) is 21.6 Å². The van der Waals surface area contributed by atoms with E-state index in [-0.39, 0.29) is 29.3 Å². The fourth-order valence-corrected chi connectivity index (χ4v) is 5.38. The molecule has 1 fully saturated rings. The zero-order valence-corrected chi connectivity index (χ0v) is 22.6. The van der Waals surface area contributed by atoms with E-state index in [1.165, 1.54) is 37.5 Å². The normalized spacial score (nSPS) is 13.5. The molecular formula is C27H27FN6O4S. The van der Waals surface area contributed by atoms with Crippen LogP contribution in [0.15, 0.2) is 36.7 Å². The van der Waals surface area contributed by atoms with E-state index < -0.39 is 11.8 Å². The molecule has 0 N–H and O–H groups in total. The molecule has 1 saturated heterocycles. The Morgan fingerprint density at radius 3 is 2.56 bits per heavy atom. The number of aromatic nitrogens is 4. The minimum atomic E-state index is -0.495. The van der Waals surface area contributed by atoms with E-state index in [4.69, 9.17) is 19.4 Å². The molecule has 12 heteroatoms. The van der Waals surface area contributed by atoms with Crippen molar-refractivity contribution in [2.75, 3.05) is 49.8 Å². The molecule has 0 spiro atoms. The Labute approximate surface area is 228 Å². The molecular weight excluding hydrogens is 523 g/mol. The third kappa shape index (κ3) is 5.71. The zero-order valence-electron chi connectivity index (χ0n) is 21.8. The largest absolute Gasteiger partial charge is 0.462 e. The van der Waals surface area contributed by atoms with Gasteiger partial charge in [-0.05, 0) is 38.1 Å². The summed E-state index contributed by atoms with van der Waals surface area (Å²) in [7, 11) is 1.85. The number of ketones is 1. The Bertz CT molecular complexity index is 1520. The fraction of sp³-hybridized carbons (Fsp3) is 0.333. The van der Waals surface area contributed by atoms with Gasteiger partial charge < -0.3 is 19.3 Å². The van der Waals surface area contributed by atoms with Gasteiger partial charge in [0.25, 0.3) is 0 Å². The lowest BCUT2D eigenvalue weighted by Gasteiger charge is -2.28. The number of carbonyl (C=O) groups excluding carboxylic acids is 2. The van der Waals surface area contributed by atoms with Gasteiger partial charge in [-0.1, -0.05) is 0 Å². The predicted octanol–water partition coefficient (Wildman–Crippen LogP) is 4.14. The van der Waals surface area contributed by atoms with E-state index >= 15 is 0 Å². The molecule has 1 aromatic carbocycles. The van der Waals surface area contributed by atoms with Crippen LogP contribution in [-0.4, -0.2) is 71.6 Å². The van der Waals surface area contributed by atoms with Crippen molar-refractivity contribution >= 4 is 45.1 Å². The van der Waals surface area contributed by atoms with Crippen LogP contribution in [0.5, 0.6) is 0 Å². The predicted molar refractivity (Wildman–Crippen MR) is 146 cm³/mol. The number of benzene rings is 1. The standard InChI is InChI=1S/C27H27FN6O4S/c1-4-38-26(36)18-13-29-27(30-14-18)33(3)15-19-12-22-23(39-19)25(34-7-9-37-10-8-34)32-24(31-22)20-11-17(16(2)35)5-6-21(20)28/h5-6,11-14H,4,7-10,15H2,1-3H3. The van der Waals surface area contributed by atoms with Gasteiger partial charge in [-0.2, -0.15) is 0 Å². The molecule has 39 heavy (non-hydrogen) atoms. The third-order valence-corrected chi connectivity index (χ3v) is 7.32. The van der Waals surface area contributed by atoms with Crippen LogP contribution in [0.3, 0.4) is 0 Å². The maximum Gasteiger partial charge on any atom is 0.341 e. The monoisotopic (exact) mass is 550 g/mol. The van der Waals surface area contributed by atoms with Crippen molar-refractivity contribution in [1.82, 2.24) is 19.9 Å². The highest BCUT2D eigenvalue weighted by atomic mass is 32.1. The van der Waals surface area contributed by atoms with Crippen molar-refractivity contribution in [1.29, 1.82) is 0 Å². The molecule has 0 aliphatic carbocycles. The first-order chi connectivity index (χ1) is 18.8. The second-order valence-electron chi connectivity index (χ2n) is 9.00. The number of hydrogen-bond acceptors (Lipinski definition) is 11. The maximum atomic E-state index is 14.9. The van der Waals surface area contributed by atoms with Gasteiger partial charge in [0.15, 0.2) is 17.4 Å². The summed E-state index contributed by atoms with van der Waals surface area (Å²) in [4.78, 5) is 46.9. The molecule has 0 bridgehead atoms. The number of anilines is 2. The number of thiophene rings is 1. The summed E-state index contributed by atoms with van der Waals surface area (Å²) in [5, 5.41) is 0. The van der Waals surface area contributed by atoms with Crippen molar-refractivity contribution < 1.29 is 23.5 Å². The number of esters is 1. The summed E-state index contributed by atoms with van der Waals surface area (Å²) in [5.74, 6) is 0.255. The first kappa shape index (κ1) is 26.6. The number of halogens is 1. The van der Waals surface area contributed by atoms with E-state index in [0.29, 0.717) is 55.7 Å². The summed E-state index contributed by atoms with van der Waals surface area (Å²) < 4.78 is 26.3. The van der Waals surface area contributed by atoms with Gasteiger partial charge in [-0.15, -0.1) is 11.3 Å². The maximum absolute atomic E-state index is 14.9. The van der Waals surface area contributed by atoms with Gasteiger partial charge >= 0.3 is 5.97 Å². The molecule has 202 valence electrons. The molecule has 0 radical (unpaired) electrons. The second kappa shape index (κ2) is 11.4. The van der Waals surface area contributed by atoms with Crippen molar-refractivity contribution in [2.24, 2.45) is 0 Å². The van der Waals surface area contributed by atoms with Crippen LogP contribution < -0.4 is 9.80 Å². The minimum absolute atomic E-state index is 0.163. The average Bonchev–Trinajstić information content (AvgIpc) is 3.35. The van der Waals surface area contributed by atoms with Crippen LogP contribution in [0.1, 0.15) is 39.4 Å². The lowest BCUT2D eigenvalue weighted by Crippen LogP contribution is -2.36. The summed E-state index contributed by atoms with van der Waals surface area (Å²) in [5.41, 5.74) is 1.54. The lowest BCUT2D eigenvalue weighted by molar-refractivity contribution is 0.0525. The van der Waals surface area contributed by atoms with Crippen molar-refractivity contribution in [3.05, 3.63) is 58.5 Å². The smallest absolute Gasteiger partial charge is 0.341 e. The SMILES string of the molecule is CCOC(=O)c1cnc(N(C)Cc2cc3nc(-c4cc(C(C)=O)ccc4F)nc(N4CCOCC4)c3s2)nc1. The molecule has 5 rings (SSSR count). The Hall–Kier alpha value is -4.03. The Kier molecular flexibility index (Phi) is 7.75. The number of ether oxygens (including phenoxy) is 2. The number of Topliss-reactive ketones (excluding diaryl/α,β-unsaturated/α-hetero) is 1. The first-order valence-electron chi connectivity index (χ1n) is 12.5. The third-order valence-electron chi connectivity index (χ3n) is 6.21. The lowest BCUT2D eigenvalue weighted by atomic mass is 10.1. The fourth-order valence-electron chi connectivity index (χ4n) is 4.21. The van der Waals surface area contributed by atoms with Crippen LogP contribution in [0.2, 0.25) is 0 Å². The highest BCUT2D eigenvalue weighted by Crippen LogP contribution is 2.36. The number of morpholine rings is 1. The highest BCUT2D eigenvalue weighted by Gasteiger charge is 2.22. The van der Waals surface area contributed by atoms with Crippen LogP contribution in [0.4, 0.5) is 16.2 Å². The molecule has 0 saturated carbocycles. The minimum Gasteiger partial charge on any atom is -0.462 e. The summed E-state index contributed by atoms with van der Waals surface area (Å²) >= 11 is 1.54. The number of nitrogens with zero attached hydrogens (tertiary/aromatic N) is 6. The van der Waals surface area contributed by atoms with E-state index in [1.54, 1.807) is 18.3 Å². The van der Waals surface area contributed by atoms with Gasteiger partial charge in [-0.25, -0.2) is 29.1 Å². The Morgan fingerprint density at radius 2 is 1.87 bits per heavy atom. The van der Waals surface area contributed by atoms with E-state index in [9.17, 15) is 14.0 Å². The van der Waals surface area contributed by atoms with Crippen molar-refractivity contribution in [2.45, 2.75) is 20.4 Å². The Morgan fingerprint density at radius 1 is 1.13 bits per heavy atom. The topological polar surface area (TPSA) is 111 Å². The van der Waals surface area contributed by atoms with Crippen molar-refractivity contribution in [3.63, 3.8) is 0 Å². The molecule has 3 aromatic heterocycles. The average molecular weight is 551 g/mol. The highest BCUT2D eigenvalue weighted by molar-refractivity contribution is 7.19. The molecule has 1 aliphatic rings. The molecule has 0 atom stereocenters. The van der Waals surface area contributed by atoms with Crippen molar-refractivity contribution in [3.8, 4) is 11.4 Å². The van der Waals surface area contributed by atoms with E-state index in [0.717, 1.165) is 9.58 Å². The summed E-state index contributed by atoms with van der Waals surface area (Å²) in [6, 6.07) is 6.18. The summed E-state index contributed by atoms with van der Waals surface area (Å²) in [6.45, 7) is 6.36. The van der Waals surface area contributed by atoms with Crippen LogP contribution in [-0.2, 0) is 16.0 Å². The quantitative estimate of drug-likeness (QED) is 0.234.